The molecule has 6 aromatic rings. The van der Waals surface area contributed by atoms with E-state index in [4.69, 9.17) is 5.73 Å². The lowest BCUT2D eigenvalue weighted by molar-refractivity contribution is 0.430. The van der Waals surface area contributed by atoms with E-state index in [1.54, 1.807) is 0 Å². The van der Waals surface area contributed by atoms with E-state index in [2.05, 4.69) is 97.5 Å². The van der Waals surface area contributed by atoms with Gasteiger partial charge in [0.05, 0.1) is 5.54 Å². The lowest BCUT2D eigenvalue weighted by Crippen LogP contribution is -2.40. The van der Waals surface area contributed by atoms with Crippen LogP contribution in [0.1, 0.15) is 60.2 Å². The summed E-state index contributed by atoms with van der Waals surface area (Å²) in [6, 6.07) is 28.6. The van der Waals surface area contributed by atoms with Crippen LogP contribution >= 0.6 is 0 Å². The molecule has 1 atom stereocenters. The zero-order valence-electron chi connectivity index (χ0n) is 21.8. The third kappa shape index (κ3) is 3.86. The second kappa shape index (κ2) is 9.24. The Bertz CT molecular complexity index is 1660. The zero-order chi connectivity index (χ0) is 25.6. The quantitative estimate of drug-likeness (QED) is 0.233. The highest BCUT2D eigenvalue weighted by Crippen LogP contribution is 2.42. The highest BCUT2D eigenvalue weighted by atomic mass is 14.8. The highest BCUT2D eigenvalue weighted by molar-refractivity contribution is 6.23. The summed E-state index contributed by atoms with van der Waals surface area (Å²) in [5.41, 5.74) is 12.2. The Balaban J connectivity index is 1.45. The first-order chi connectivity index (χ1) is 18.0. The van der Waals surface area contributed by atoms with Crippen LogP contribution in [-0.4, -0.2) is 9.97 Å². The zero-order valence-corrected chi connectivity index (χ0v) is 21.8. The van der Waals surface area contributed by atoms with Gasteiger partial charge in [0.2, 0.25) is 0 Å². The molecule has 0 amide bonds. The van der Waals surface area contributed by atoms with Crippen LogP contribution in [0.15, 0.2) is 91.3 Å². The average Bonchev–Trinajstić information content (AvgIpc) is 2.93. The van der Waals surface area contributed by atoms with Gasteiger partial charge in [-0.2, -0.15) is 0 Å². The number of hydrogen-bond donors (Lipinski definition) is 1. The third-order valence-corrected chi connectivity index (χ3v) is 8.36. The molecular formula is C34H33N3. The average molecular weight is 484 g/mol. The fourth-order valence-electron chi connectivity index (χ4n) is 6.42. The fourth-order valence-corrected chi connectivity index (χ4v) is 6.42. The molecule has 37 heavy (non-hydrogen) atoms. The monoisotopic (exact) mass is 483 g/mol. The topological polar surface area (TPSA) is 51.8 Å². The van der Waals surface area contributed by atoms with E-state index in [-0.39, 0.29) is 0 Å². The Morgan fingerprint density at radius 1 is 0.703 bits per heavy atom. The Morgan fingerprint density at radius 2 is 1.27 bits per heavy atom. The molecule has 0 fully saturated rings. The number of nitrogens with two attached hydrogens (primary N) is 1. The molecule has 3 heteroatoms. The number of hydrogen-bond acceptors (Lipinski definition) is 3. The molecule has 0 aliphatic heterocycles. The molecule has 3 nitrogen and oxygen atoms in total. The second-order valence-corrected chi connectivity index (χ2v) is 10.4. The van der Waals surface area contributed by atoms with Crippen LogP contribution < -0.4 is 5.73 Å². The van der Waals surface area contributed by atoms with Gasteiger partial charge < -0.3 is 5.73 Å². The second-order valence-electron chi connectivity index (χ2n) is 10.4. The maximum atomic E-state index is 7.37. The Morgan fingerprint density at radius 3 is 1.86 bits per heavy atom. The first-order valence-corrected chi connectivity index (χ1v) is 13.3. The van der Waals surface area contributed by atoms with E-state index in [0.717, 1.165) is 41.8 Å². The van der Waals surface area contributed by atoms with Crippen molar-refractivity contribution in [3.63, 3.8) is 0 Å². The molecular weight excluding hydrogens is 450 g/mol. The molecule has 184 valence electrons. The van der Waals surface area contributed by atoms with Crippen molar-refractivity contribution in [1.82, 2.24) is 9.97 Å². The molecule has 2 heterocycles. The van der Waals surface area contributed by atoms with Gasteiger partial charge in [0.15, 0.2) is 0 Å². The number of rotatable bonds is 7. The van der Waals surface area contributed by atoms with Crippen molar-refractivity contribution in [2.75, 3.05) is 0 Å². The van der Waals surface area contributed by atoms with Crippen LogP contribution in [-0.2, 0) is 5.54 Å². The van der Waals surface area contributed by atoms with Crippen LogP contribution in [0, 0.1) is 13.8 Å². The third-order valence-electron chi connectivity index (χ3n) is 8.36. The summed E-state index contributed by atoms with van der Waals surface area (Å²) in [6.07, 6.45) is 6.52. The van der Waals surface area contributed by atoms with E-state index >= 15 is 0 Å². The van der Waals surface area contributed by atoms with Crippen LogP contribution in [0.5, 0.6) is 0 Å². The molecule has 0 saturated carbocycles. The SMILES string of the molecule is CCC(CCC(N)(c1cccnc1C)c1cccnc1C)c1ccc2ccc3cccc4ccc1c2c34. The first-order valence-electron chi connectivity index (χ1n) is 13.3. The van der Waals surface area contributed by atoms with Gasteiger partial charge in [-0.3, -0.25) is 9.97 Å². The molecule has 0 bridgehead atoms. The minimum atomic E-state index is -0.659. The summed E-state index contributed by atoms with van der Waals surface area (Å²) in [6.45, 7) is 6.41. The predicted octanol–water partition coefficient (Wildman–Crippen LogP) is 8.17. The van der Waals surface area contributed by atoms with Crippen molar-refractivity contribution in [2.45, 2.75) is 51.5 Å². The van der Waals surface area contributed by atoms with Crippen molar-refractivity contribution in [2.24, 2.45) is 5.73 Å². The summed E-state index contributed by atoms with van der Waals surface area (Å²) in [7, 11) is 0. The molecule has 0 aliphatic carbocycles. The molecule has 4 aromatic carbocycles. The van der Waals surface area contributed by atoms with Gasteiger partial charge in [0, 0.05) is 23.8 Å². The Hall–Kier alpha value is -3.82. The Labute approximate surface area is 218 Å². The number of nitrogens with zero attached hydrogens (tertiary/aromatic N) is 2. The summed E-state index contributed by atoms with van der Waals surface area (Å²) < 4.78 is 0. The largest absolute Gasteiger partial charge is 0.318 e. The minimum absolute atomic E-state index is 0.390. The summed E-state index contributed by atoms with van der Waals surface area (Å²) >= 11 is 0. The minimum Gasteiger partial charge on any atom is -0.318 e. The van der Waals surface area contributed by atoms with E-state index in [1.807, 2.05) is 24.5 Å². The van der Waals surface area contributed by atoms with Gasteiger partial charge in [-0.05, 0) is 100 Å². The fraction of sp³-hybridized carbons (Fsp3) is 0.235. The van der Waals surface area contributed by atoms with Gasteiger partial charge in [-0.1, -0.05) is 73.7 Å². The highest BCUT2D eigenvalue weighted by Gasteiger charge is 2.34. The molecule has 2 aromatic heterocycles. The normalized spacial score (nSPS) is 13.1. The Kier molecular flexibility index (Phi) is 5.89. The van der Waals surface area contributed by atoms with E-state index in [0.29, 0.717) is 5.92 Å². The first kappa shape index (κ1) is 23.6. The van der Waals surface area contributed by atoms with Crippen LogP contribution in [0.3, 0.4) is 0 Å². The summed E-state index contributed by atoms with van der Waals surface area (Å²) in [5.74, 6) is 0.390. The van der Waals surface area contributed by atoms with Gasteiger partial charge >= 0.3 is 0 Å². The van der Waals surface area contributed by atoms with Crippen molar-refractivity contribution in [3.05, 3.63) is 119 Å². The predicted molar refractivity (Wildman–Crippen MR) is 155 cm³/mol. The standard InChI is InChI=1S/C34H33N3/c1-4-24(18-19-34(35,30-10-6-20-36-22(30)2)31-11-7-21-37-23(31)3)28-16-14-27-13-12-25-8-5-9-26-15-17-29(28)33(27)32(25)26/h5-17,20-21,24H,4,18-19,35H2,1-3H3. The maximum absolute atomic E-state index is 7.37. The molecule has 6 rings (SSSR count). The van der Waals surface area contributed by atoms with E-state index < -0.39 is 5.54 Å². The molecule has 2 N–H and O–H groups in total. The van der Waals surface area contributed by atoms with Crippen molar-refractivity contribution < 1.29 is 0 Å². The summed E-state index contributed by atoms with van der Waals surface area (Å²) in [5, 5.41) is 8.05. The number of benzene rings is 4. The van der Waals surface area contributed by atoms with E-state index in [1.165, 1.54) is 37.9 Å². The van der Waals surface area contributed by atoms with Crippen LogP contribution in [0.4, 0.5) is 0 Å². The van der Waals surface area contributed by atoms with Crippen LogP contribution in [0.2, 0.25) is 0 Å². The maximum Gasteiger partial charge on any atom is 0.0701 e. The van der Waals surface area contributed by atoms with Gasteiger partial charge in [-0.25, -0.2) is 0 Å². The number of aryl methyl sites for hydroxylation is 2. The molecule has 0 saturated heterocycles. The molecule has 0 radical (unpaired) electrons. The van der Waals surface area contributed by atoms with Crippen molar-refractivity contribution >= 4 is 32.3 Å². The molecule has 1 unspecified atom stereocenters. The molecule has 0 spiro atoms. The number of pyridine rings is 2. The van der Waals surface area contributed by atoms with Gasteiger partial charge in [-0.15, -0.1) is 0 Å². The van der Waals surface area contributed by atoms with Crippen molar-refractivity contribution in [3.8, 4) is 0 Å². The summed E-state index contributed by atoms with van der Waals surface area (Å²) in [4.78, 5) is 9.19. The van der Waals surface area contributed by atoms with Crippen LogP contribution in [0.25, 0.3) is 32.3 Å². The number of aromatic nitrogens is 2. The lowest BCUT2D eigenvalue weighted by Gasteiger charge is -2.34. The smallest absolute Gasteiger partial charge is 0.0701 e. The lowest BCUT2D eigenvalue weighted by atomic mass is 9.75. The van der Waals surface area contributed by atoms with Gasteiger partial charge in [0.25, 0.3) is 0 Å². The molecule has 0 aliphatic rings. The van der Waals surface area contributed by atoms with Gasteiger partial charge in [0.1, 0.15) is 0 Å². The van der Waals surface area contributed by atoms with Crippen molar-refractivity contribution in [1.29, 1.82) is 0 Å². The van der Waals surface area contributed by atoms with E-state index in [9.17, 15) is 0 Å².